The van der Waals surface area contributed by atoms with E-state index in [1.807, 2.05) is 23.6 Å². The second-order valence-corrected chi connectivity index (χ2v) is 5.66. The maximum absolute atomic E-state index is 12.3. The van der Waals surface area contributed by atoms with Gasteiger partial charge in [0.15, 0.2) is 0 Å². The Balaban J connectivity index is 2.45. The fraction of sp³-hybridized carbons (Fsp3) is 0.733. The number of aliphatic carboxylic acids is 1. The van der Waals surface area contributed by atoms with E-state index in [1.54, 1.807) is 0 Å². The second kappa shape index (κ2) is 8.79. The monoisotopic (exact) mass is 297 g/mol. The average molecular weight is 297 g/mol. The van der Waals surface area contributed by atoms with Crippen LogP contribution >= 0.6 is 0 Å². The Morgan fingerprint density at radius 1 is 1.14 bits per heavy atom. The molecule has 6 nitrogen and oxygen atoms in total. The fourth-order valence-corrected chi connectivity index (χ4v) is 2.53. The highest BCUT2D eigenvalue weighted by molar-refractivity contribution is 5.78. The molecule has 0 aromatic rings. The first-order valence-corrected chi connectivity index (χ1v) is 7.51. The van der Waals surface area contributed by atoms with Crippen molar-refractivity contribution in [2.75, 3.05) is 52.4 Å². The maximum atomic E-state index is 12.3. The van der Waals surface area contributed by atoms with Crippen molar-refractivity contribution in [2.45, 2.75) is 20.3 Å². The lowest BCUT2D eigenvalue weighted by atomic mass is 10.3. The molecule has 120 valence electrons. The van der Waals surface area contributed by atoms with E-state index in [9.17, 15) is 9.59 Å². The Morgan fingerprint density at radius 3 is 2.19 bits per heavy atom. The van der Waals surface area contributed by atoms with Gasteiger partial charge in [-0.3, -0.25) is 19.4 Å². The molecule has 1 fully saturated rings. The molecule has 0 spiro atoms. The van der Waals surface area contributed by atoms with Gasteiger partial charge in [-0.1, -0.05) is 12.2 Å². The van der Waals surface area contributed by atoms with Crippen molar-refractivity contribution in [3.63, 3.8) is 0 Å². The molecule has 1 amide bonds. The summed E-state index contributed by atoms with van der Waals surface area (Å²) in [6, 6.07) is 0. The van der Waals surface area contributed by atoms with Gasteiger partial charge in [-0.15, -0.1) is 0 Å². The number of carbonyl (C=O) groups excluding carboxylic acids is 1. The standard InChI is InChI=1S/C15H27N3O3/c1-4-18(10-13(2)3)14(19)11-16-6-5-7-17(9-8-16)12-15(20)21/h2,4-12H2,1,3H3,(H,20,21). The molecule has 0 saturated carbocycles. The second-order valence-electron chi connectivity index (χ2n) is 5.66. The van der Waals surface area contributed by atoms with Crippen molar-refractivity contribution >= 4 is 11.9 Å². The number of likely N-dealkylation sites (N-methyl/N-ethyl adjacent to an activating group) is 1. The smallest absolute Gasteiger partial charge is 0.317 e. The minimum absolute atomic E-state index is 0.0819. The van der Waals surface area contributed by atoms with Gasteiger partial charge in [0.2, 0.25) is 5.91 Å². The van der Waals surface area contributed by atoms with Crippen molar-refractivity contribution in [1.82, 2.24) is 14.7 Å². The van der Waals surface area contributed by atoms with E-state index in [-0.39, 0.29) is 12.5 Å². The molecule has 21 heavy (non-hydrogen) atoms. The van der Waals surface area contributed by atoms with Crippen LogP contribution in [0.2, 0.25) is 0 Å². The van der Waals surface area contributed by atoms with Crippen LogP contribution in [0.3, 0.4) is 0 Å². The predicted molar refractivity (Wildman–Crippen MR) is 82.2 cm³/mol. The zero-order chi connectivity index (χ0) is 15.8. The van der Waals surface area contributed by atoms with Crippen LogP contribution in [0.5, 0.6) is 0 Å². The molecule has 0 radical (unpaired) electrons. The zero-order valence-electron chi connectivity index (χ0n) is 13.2. The molecule has 1 aliphatic heterocycles. The Labute approximate surface area is 127 Å². The van der Waals surface area contributed by atoms with Crippen molar-refractivity contribution in [3.8, 4) is 0 Å². The minimum Gasteiger partial charge on any atom is -0.480 e. The third kappa shape index (κ3) is 6.73. The summed E-state index contributed by atoms with van der Waals surface area (Å²) in [6.07, 6.45) is 0.896. The third-order valence-electron chi connectivity index (χ3n) is 3.59. The number of hydrogen-bond donors (Lipinski definition) is 1. The van der Waals surface area contributed by atoms with Crippen molar-refractivity contribution in [2.24, 2.45) is 0 Å². The van der Waals surface area contributed by atoms with Crippen molar-refractivity contribution in [3.05, 3.63) is 12.2 Å². The SMILES string of the molecule is C=C(C)CN(CC)C(=O)CN1CCCN(CC(=O)O)CC1. The summed E-state index contributed by atoms with van der Waals surface area (Å²) >= 11 is 0. The lowest BCUT2D eigenvalue weighted by Crippen LogP contribution is -2.42. The molecule has 1 rings (SSSR count). The van der Waals surface area contributed by atoms with Crippen LogP contribution in [0.15, 0.2) is 12.2 Å². The van der Waals surface area contributed by atoms with Gasteiger partial charge in [0.05, 0.1) is 13.1 Å². The van der Waals surface area contributed by atoms with Gasteiger partial charge in [-0.05, 0) is 26.8 Å². The molecule has 1 N–H and O–H groups in total. The summed E-state index contributed by atoms with van der Waals surface area (Å²) < 4.78 is 0. The molecule has 0 atom stereocenters. The normalized spacial score (nSPS) is 17.2. The first-order chi connectivity index (χ1) is 9.92. The van der Waals surface area contributed by atoms with Gasteiger partial charge >= 0.3 is 5.97 Å². The van der Waals surface area contributed by atoms with Crippen LogP contribution in [0.4, 0.5) is 0 Å². The lowest BCUT2D eigenvalue weighted by molar-refractivity contribution is -0.138. The van der Waals surface area contributed by atoms with Gasteiger partial charge < -0.3 is 10.0 Å². The lowest BCUT2D eigenvalue weighted by Gasteiger charge is -2.26. The number of carboxylic acid groups (broad SMARTS) is 1. The third-order valence-corrected chi connectivity index (χ3v) is 3.59. The summed E-state index contributed by atoms with van der Waals surface area (Å²) in [4.78, 5) is 28.9. The fourth-order valence-electron chi connectivity index (χ4n) is 2.53. The summed E-state index contributed by atoms with van der Waals surface area (Å²) in [5, 5.41) is 8.83. The van der Waals surface area contributed by atoms with E-state index in [0.29, 0.717) is 26.2 Å². The van der Waals surface area contributed by atoms with Crippen LogP contribution in [0.1, 0.15) is 20.3 Å². The number of amides is 1. The summed E-state index contributed by atoms with van der Waals surface area (Å²) in [5.41, 5.74) is 0.980. The number of carbonyl (C=O) groups is 2. The highest BCUT2D eigenvalue weighted by Crippen LogP contribution is 2.05. The van der Waals surface area contributed by atoms with Crippen molar-refractivity contribution in [1.29, 1.82) is 0 Å². The number of rotatable bonds is 7. The quantitative estimate of drug-likeness (QED) is 0.694. The minimum atomic E-state index is -0.793. The Hall–Kier alpha value is -1.40. The van der Waals surface area contributed by atoms with Gasteiger partial charge in [-0.25, -0.2) is 0 Å². The Morgan fingerprint density at radius 2 is 1.71 bits per heavy atom. The molecule has 0 aromatic carbocycles. The van der Waals surface area contributed by atoms with E-state index in [1.165, 1.54) is 0 Å². The van der Waals surface area contributed by atoms with Gasteiger partial charge in [0.1, 0.15) is 0 Å². The number of hydrogen-bond acceptors (Lipinski definition) is 4. The van der Waals surface area contributed by atoms with Gasteiger partial charge in [-0.2, -0.15) is 0 Å². The van der Waals surface area contributed by atoms with Crippen molar-refractivity contribution < 1.29 is 14.7 Å². The molecule has 0 unspecified atom stereocenters. The molecule has 1 saturated heterocycles. The first-order valence-electron chi connectivity index (χ1n) is 7.51. The molecule has 6 heteroatoms. The van der Waals surface area contributed by atoms with Gasteiger partial charge in [0, 0.05) is 32.7 Å². The molecule has 1 aliphatic rings. The zero-order valence-corrected chi connectivity index (χ0v) is 13.2. The topological polar surface area (TPSA) is 64.1 Å². The Kier molecular flexibility index (Phi) is 7.39. The van der Waals surface area contributed by atoms with Crippen LogP contribution in [0, 0.1) is 0 Å². The predicted octanol–water partition coefficient (Wildman–Crippen LogP) is 0.503. The number of nitrogens with zero attached hydrogens (tertiary/aromatic N) is 3. The molecular weight excluding hydrogens is 270 g/mol. The van der Waals surface area contributed by atoms with Crippen LogP contribution in [-0.4, -0.2) is 84.0 Å². The molecule has 0 aliphatic carbocycles. The maximum Gasteiger partial charge on any atom is 0.317 e. The number of carboxylic acids is 1. The Bertz CT molecular complexity index is 384. The summed E-state index contributed by atoms with van der Waals surface area (Å²) in [5.74, 6) is -0.676. The van der Waals surface area contributed by atoms with Crippen LogP contribution in [-0.2, 0) is 9.59 Å². The van der Waals surface area contributed by atoms with Crippen LogP contribution < -0.4 is 0 Å². The molecular formula is C15H27N3O3. The average Bonchev–Trinajstić information content (AvgIpc) is 2.60. The molecule has 1 heterocycles. The van der Waals surface area contributed by atoms with E-state index in [4.69, 9.17) is 5.11 Å². The molecule has 0 aromatic heterocycles. The highest BCUT2D eigenvalue weighted by Gasteiger charge is 2.20. The molecule has 0 bridgehead atoms. The first kappa shape index (κ1) is 17.7. The summed E-state index contributed by atoms with van der Waals surface area (Å²) in [6.45, 7) is 12.6. The van der Waals surface area contributed by atoms with E-state index in [2.05, 4.69) is 11.5 Å². The largest absolute Gasteiger partial charge is 0.480 e. The van der Waals surface area contributed by atoms with E-state index < -0.39 is 5.97 Å². The van der Waals surface area contributed by atoms with Crippen LogP contribution in [0.25, 0.3) is 0 Å². The van der Waals surface area contributed by atoms with Gasteiger partial charge in [0.25, 0.3) is 0 Å². The van der Waals surface area contributed by atoms with E-state index in [0.717, 1.165) is 31.6 Å². The van der Waals surface area contributed by atoms with E-state index >= 15 is 0 Å². The highest BCUT2D eigenvalue weighted by atomic mass is 16.4. The summed E-state index contributed by atoms with van der Waals surface area (Å²) in [7, 11) is 0.